The van der Waals surface area contributed by atoms with Crippen molar-refractivity contribution in [3.63, 3.8) is 0 Å². The van der Waals surface area contributed by atoms with Crippen LogP contribution in [0.4, 0.5) is 0 Å². The van der Waals surface area contributed by atoms with Crippen molar-refractivity contribution in [2.24, 2.45) is 11.8 Å². The number of carbonyl (C=O) groups is 1. The van der Waals surface area contributed by atoms with Crippen molar-refractivity contribution in [2.45, 2.75) is 70.4 Å². The lowest BCUT2D eigenvalue weighted by Gasteiger charge is -2.34. The van der Waals surface area contributed by atoms with Crippen LogP contribution >= 0.6 is 0 Å². The molecule has 4 rings (SSSR count). The number of hydrogen-bond acceptors (Lipinski definition) is 5. The molecule has 1 N–H and O–H groups in total. The van der Waals surface area contributed by atoms with Crippen LogP contribution in [-0.2, 0) is 11.2 Å². The fourth-order valence-corrected chi connectivity index (χ4v) is 4.85. The minimum absolute atomic E-state index is 0.0456. The number of amides is 1. The minimum atomic E-state index is 0.0456. The second-order valence-corrected chi connectivity index (χ2v) is 7.83. The Morgan fingerprint density at radius 3 is 2.96 bits per heavy atom. The van der Waals surface area contributed by atoms with Gasteiger partial charge in [0.2, 0.25) is 11.8 Å². The molecule has 1 saturated carbocycles. The first-order valence-electron chi connectivity index (χ1n) is 9.53. The van der Waals surface area contributed by atoms with Crippen LogP contribution in [0.5, 0.6) is 0 Å². The van der Waals surface area contributed by atoms with E-state index in [1.54, 1.807) is 0 Å². The molecule has 3 heterocycles. The summed E-state index contributed by atoms with van der Waals surface area (Å²) < 4.78 is 5.06. The van der Waals surface area contributed by atoms with E-state index < -0.39 is 0 Å². The highest BCUT2D eigenvalue weighted by molar-refractivity contribution is 5.82. The number of aryl methyl sites for hydroxylation is 1. The van der Waals surface area contributed by atoms with Crippen LogP contribution in [-0.4, -0.2) is 46.1 Å². The summed E-state index contributed by atoms with van der Waals surface area (Å²) in [6.07, 6.45) is 9.24. The number of aromatic nitrogens is 2. The molecule has 24 heavy (non-hydrogen) atoms. The zero-order valence-electron chi connectivity index (χ0n) is 14.5. The average molecular weight is 332 g/mol. The smallest absolute Gasteiger partial charge is 0.239 e. The number of carbonyl (C=O) groups excluding carboxylic acids is 1. The Kier molecular flexibility index (Phi) is 4.57. The van der Waals surface area contributed by atoms with Gasteiger partial charge in [0.15, 0.2) is 5.82 Å². The molecule has 6 nitrogen and oxygen atoms in total. The van der Waals surface area contributed by atoms with Crippen LogP contribution in [0.15, 0.2) is 4.52 Å². The zero-order chi connectivity index (χ0) is 16.5. The summed E-state index contributed by atoms with van der Waals surface area (Å²) in [5.41, 5.74) is 0. The van der Waals surface area contributed by atoms with Gasteiger partial charge in [-0.2, -0.15) is 4.98 Å². The number of likely N-dealkylation sites (tertiary alicyclic amines) is 1. The molecule has 4 unspecified atom stereocenters. The number of nitrogens with one attached hydrogen (secondary N) is 1. The molecule has 0 radical (unpaired) electrons. The van der Waals surface area contributed by atoms with E-state index in [1.807, 2.05) is 6.92 Å². The van der Waals surface area contributed by atoms with Gasteiger partial charge in [-0.3, -0.25) is 4.79 Å². The molecule has 1 aliphatic carbocycles. The number of hydrogen-bond donors (Lipinski definition) is 1. The Morgan fingerprint density at radius 1 is 1.29 bits per heavy atom. The van der Waals surface area contributed by atoms with Crippen LogP contribution in [0.3, 0.4) is 0 Å². The Hall–Kier alpha value is -1.43. The third kappa shape index (κ3) is 3.34. The van der Waals surface area contributed by atoms with Crippen molar-refractivity contribution in [3.8, 4) is 0 Å². The lowest BCUT2D eigenvalue weighted by molar-refractivity contribution is -0.135. The van der Waals surface area contributed by atoms with Crippen molar-refractivity contribution in [1.29, 1.82) is 0 Å². The van der Waals surface area contributed by atoms with Gasteiger partial charge in [0.25, 0.3) is 0 Å². The second kappa shape index (κ2) is 6.82. The van der Waals surface area contributed by atoms with Crippen molar-refractivity contribution < 1.29 is 9.32 Å². The molecule has 0 spiro atoms. The van der Waals surface area contributed by atoms with Crippen LogP contribution < -0.4 is 5.32 Å². The van der Waals surface area contributed by atoms with Gasteiger partial charge in [0, 0.05) is 32.5 Å². The molecule has 3 aliphatic rings. The van der Waals surface area contributed by atoms with Gasteiger partial charge in [-0.25, -0.2) is 0 Å². The number of nitrogens with zero attached hydrogens (tertiary/aromatic N) is 3. The third-order valence-corrected chi connectivity index (χ3v) is 6.03. The molecule has 2 saturated heterocycles. The molecule has 6 heteroatoms. The Bertz CT molecular complexity index is 573. The summed E-state index contributed by atoms with van der Waals surface area (Å²) in [7, 11) is 0. The van der Waals surface area contributed by atoms with Gasteiger partial charge in [-0.1, -0.05) is 18.0 Å². The normalized spacial score (nSPS) is 33.5. The van der Waals surface area contributed by atoms with Gasteiger partial charge in [0.1, 0.15) is 0 Å². The van der Waals surface area contributed by atoms with E-state index in [9.17, 15) is 4.79 Å². The maximum atomic E-state index is 13.0. The predicted octanol–water partition coefficient (Wildman–Crippen LogP) is 2.08. The summed E-state index contributed by atoms with van der Waals surface area (Å²) in [6, 6.07) is 0.625. The predicted molar refractivity (Wildman–Crippen MR) is 89.3 cm³/mol. The number of rotatable bonds is 3. The first-order valence-corrected chi connectivity index (χ1v) is 9.53. The second-order valence-electron chi connectivity index (χ2n) is 7.83. The van der Waals surface area contributed by atoms with Crippen molar-refractivity contribution in [3.05, 3.63) is 11.7 Å². The third-order valence-electron chi connectivity index (χ3n) is 6.03. The van der Waals surface area contributed by atoms with E-state index in [2.05, 4.69) is 20.4 Å². The Balaban J connectivity index is 1.34. The van der Waals surface area contributed by atoms with Crippen LogP contribution in [0.2, 0.25) is 0 Å². The monoisotopic (exact) mass is 332 g/mol. The molecule has 132 valence electrons. The van der Waals surface area contributed by atoms with Crippen LogP contribution in [0.25, 0.3) is 0 Å². The van der Waals surface area contributed by atoms with E-state index >= 15 is 0 Å². The van der Waals surface area contributed by atoms with E-state index in [1.165, 1.54) is 25.7 Å². The lowest BCUT2D eigenvalue weighted by atomic mass is 9.85. The van der Waals surface area contributed by atoms with Gasteiger partial charge >= 0.3 is 0 Å². The summed E-state index contributed by atoms with van der Waals surface area (Å²) in [5, 5.41) is 7.63. The molecular formula is C18H28N4O2. The molecule has 1 aromatic heterocycles. The fourth-order valence-electron chi connectivity index (χ4n) is 4.85. The summed E-state index contributed by atoms with van der Waals surface area (Å²) >= 11 is 0. The summed E-state index contributed by atoms with van der Waals surface area (Å²) in [4.78, 5) is 19.3. The highest BCUT2D eigenvalue weighted by atomic mass is 16.5. The van der Waals surface area contributed by atoms with Gasteiger partial charge in [-0.15, -0.1) is 0 Å². The summed E-state index contributed by atoms with van der Waals surface area (Å²) in [6.45, 7) is 3.55. The van der Waals surface area contributed by atoms with Crippen LogP contribution in [0, 0.1) is 18.8 Å². The first kappa shape index (κ1) is 16.1. The fraction of sp³-hybridized carbons (Fsp3) is 0.833. The van der Waals surface area contributed by atoms with Gasteiger partial charge in [-0.05, 0) is 43.9 Å². The van der Waals surface area contributed by atoms with E-state index in [4.69, 9.17) is 4.52 Å². The number of fused-ring (bicyclic) bond motifs is 1. The highest BCUT2D eigenvalue weighted by Crippen LogP contribution is 2.34. The number of piperidine rings is 1. The van der Waals surface area contributed by atoms with E-state index in [0.717, 1.165) is 50.5 Å². The maximum Gasteiger partial charge on any atom is 0.239 e. The maximum absolute atomic E-state index is 13.0. The lowest BCUT2D eigenvalue weighted by Crippen LogP contribution is -2.49. The molecule has 2 aliphatic heterocycles. The highest BCUT2D eigenvalue weighted by Gasteiger charge is 2.40. The SMILES string of the molecule is Cc1nc(CC2CCCN(C(=O)C3CC4CCCCC4N3)C2)no1. The minimum Gasteiger partial charge on any atom is -0.341 e. The molecular weight excluding hydrogens is 304 g/mol. The average Bonchev–Trinajstić information content (AvgIpc) is 3.20. The van der Waals surface area contributed by atoms with Gasteiger partial charge < -0.3 is 14.7 Å². The first-order chi connectivity index (χ1) is 11.7. The van der Waals surface area contributed by atoms with Crippen molar-refractivity contribution in [1.82, 2.24) is 20.4 Å². The molecule has 3 fully saturated rings. The molecule has 4 atom stereocenters. The zero-order valence-corrected chi connectivity index (χ0v) is 14.5. The molecule has 1 aromatic rings. The standard InChI is InChI=1S/C18H28N4O2/c1-12-19-17(21-24-12)9-13-5-4-8-22(11-13)18(23)16-10-14-6-2-3-7-15(14)20-16/h13-16,20H,2-11H2,1H3. The van der Waals surface area contributed by atoms with E-state index in [0.29, 0.717) is 23.8 Å². The van der Waals surface area contributed by atoms with Crippen molar-refractivity contribution in [2.75, 3.05) is 13.1 Å². The molecule has 1 amide bonds. The van der Waals surface area contributed by atoms with Gasteiger partial charge in [0.05, 0.1) is 6.04 Å². The molecule has 0 bridgehead atoms. The topological polar surface area (TPSA) is 71.3 Å². The Labute approximate surface area is 143 Å². The van der Waals surface area contributed by atoms with Crippen molar-refractivity contribution >= 4 is 5.91 Å². The quantitative estimate of drug-likeness (QED) is 0.917. The molecule has 0 aromatic carbocycles. The summed E-state index contributed by atoms with van der Waals surface area (Å²) in [5.74, 6) is 2.88. The largest absolute Gasteiger partial charge is 0.341 e. The van der Waals surface area contributed by atoms with E-state index in [-0.39, 0.29) is 6.04 Å². The Morgan fingerprint density at radius 2 is 2.17 bits per heavy atom. The van der Waals surface area contributed by atoms with Crippen LogP contribution in [0.1, 0.15) is 56.7 Å².